The van der Waals surface area contributed by atoms with Crippen molar-refractivity contribution in [1.82, 2.24) is 10.3 Å². The van der Waals surface area contributed by atoms with E-state index in [-0.39, 0.29) is 11.7 Å². The highest BCUT2D eigenvalue weighted by atomic mass is 35.5. The molecule has 218 valence electrons. The van der Waals surface area contributed by atoms with E-state index in [1.165, 1.54) is 60.9 Å². The molecular formula is C34H42ClN3O3. The van der Waals surface area contributed by atoms with Gasteiger partial charge in [-0.25, -0.2) is 0 Å². The standard InChI is InChI=1S/C34H42ClN3O3/c1-40-31-18-22-17-23(34(39)28(22)20-32(31)41-2)16-21-8-11-25(12-9-21)36-14-5-15-37-33-26-6-3-4-7-29(26)38-30-19-24(35)10-13-27(30)33/h10,13,18-21,23,25,36H,3-9,11-12,14-17H2,1-2H3,(H,37,38). The Kier molecular flexibility index (Phi) is 8.68. The Hall–Kier alpha value is -2.83. The molecular weight excluding hydrogens is 534 g/mol. The predicted octanol–water partition coefficient (Wildman–Crippen LogP) is 7.18. The summed E-state index contributed by atoms with van der Waals surface area (Å²) in [5.41, 5.74) is 6.83. The van der Waals surface area contributed by atoms with E-state index >= 15 is 0 Å². The van der Waals surface area contributed by atoms with Gasteiger partial charge in [0.2, 0.25) is 0 Å². The molecule has 41 heavy (non-hydrogen) atoms. The van der Waals surface area contributed by atoms with E-state index in [0.29, 0.717) is 23.5 Å². The minimum atomic E-state index is 0.0911. The second-order valence-corrected chi connectivity index (χ2v) is 12.5. The first-order valence-electron chi connectivity index (χ1n) is 15.4. The zero-order chi connectivity index (χ0) is 28.3. The molecule has 2 aromatic carbocycles. The second-order valence-electron chi connectivity index (χ2n) is 12.1. The van der Waals surface area contributed by atoms with E-state index in [1.54, 1.807) is 14.2 Å². The van der Waals surface area contributed by atoms with Gasteiger partial charge in [-0.2, -0.15) is 0 Å². The van der Waals surface area contributed by atoms with Crippen LogP contribution >= 0.6 is 11.6 Å². The quantitative estimate of drug-likeness (QED) is 0.249. The molecule has 0 amide bonds. The summed E-state index contributed by atoms with van der Waals surface area (Å²) >= 11 is 6.28. The Morgan fingerprint density at radius 3 is 2.56 bits per heavy atom. The second kappa shape index (κ2) is 12.6. The van der Waals surface area contributed by atoms with Gasteiger partial charge >= 0.3 is 0 Å². The number of halogens is 1. The van der Waals surface area contributed by atoms with Crippen LogP contribution in [0.5, 0.6) is 11.5 Å². The van der Waals surface area contributed by atoms with Gasteiger partial charge in [0.05, 0.1) is 19.7 Å². The molecule has 0 saturated heterocycles. The lowest BCUT2D eigenvalue weighted by Crippen LogP contribution is -2.35. The molecule has 0 bridgehead atoms. The van der Waals surface area contributed by atoms with E-state index < -0.39 is 0 Å². The summed E-state index contributed by atoms with van der Waals surface area (Å²) in [6.07, 6.45) is 12.3. The highest BCUT2D eigenvalue weighted by molar-refractivity contribution is 6.31. The van der Waals surface area contributed by atoms with Crippen molar-refractivity contribution >= 4 is 34.0 Å². The minimum Gasteiger partial charge on any atom is -0.493 e. The number of carbonyl (C=O) groups is 1. The molecule has 3 aliphatic carbocycles. The average molecular weight is 576 g/mol. The van der Waals surface area contributed by atoms with Crippen LogP contribution in [0.3, 0.4) is 0 Å². The fourth-order valence-electron chi connectivity index (χ4n) is 7.30. The maximum atomic E-state index is 13.2. The van der Waals surface area contributed by atoms with Crippen molar-refractivity contribution in [3.63, 3.8) is 0 Å². The molecule has 1 unspecified atom stereocenters. The molecule has 6 rings (SSSR count). The van der Waals surface area contributed by atoms with Crippen molar-refractivity contribution in [1.29, 1.82) is 0 Å². The van der Waals surface area contributed by atoms with Gasteiger partial charge in [0, 0.05) is 45.9 Å². The molecule has 1 aromatic heterocycles. The molecule has 1 atom stereocenters. The van der Waals surface area contributed by atoms with E-state index in [2.05, 4.69) is 16.7 Å². The Balaban J connectivity index is 0.957. The lowest BCUT2D eigenvalue weighted by atomic mass is 9.80. The van der Waals surface area contributed by atoms with Crippen LogP contribution < -0.4 is 20.1 Å². The van der Waals surface area contributed by atoms with Gasteiger partial charge in [-0.05, 0) is 125 Å². The van der Waals surface area contributed by atoms with Crippen LogP contribution in [0.15, 0.2) is 30.3 Å². The lowest BCUT2D eigenvalue weighted by molar-refractivity contribution is 0.0909. The van der Waals surface area contributed by atoms with Crippen molar-refractivity contribution in [3.8, 4) is 11.5 Å². The van der Waals surface area contributed by atoms with Crippen LogP contribution in [0.25, 0.3) is 10.9 Å². The molecule has 1 fully saturated rings. The number of fused-ring (bicyclic) bond motifs is 3. The summed E-state index contributed by atoms with van der Waals surface area (Å²) < 4.78 is 10.9. The highest BCUT2D eigenvalue weighted by Gasteiger charge is 2.34. The largest absolute Gasteiger partial charge is 0.493 e. The summed E-state index contributed by atoms with van der Waals surface area (Å²) in [5.74, 6) is 2.34. The van der Waals surface area contributed by atoms with E-state index in [0.717, 1.165) is 66.9 Å². The van der Waals surface area contributed by atoms with E-state index in [9.17, 15) is 4.79 Å². The van der Waals surface area contributed by atoms with Crippen molar-refractivity contribution in [2.75, 3.05) is 32.6 Å². The number of anilines is 1. The van der Waals surface area contributed by atoms with Gasteiger partial charge in [-0.15, -0.1) is 0 Å². The molecule has 7 heteroatoms. The number of Topliss-reactive ketones (excluding diaryl/α,β-unsaturated/α-hetero) is 1. The first-order chi connectivity index (χ1) is 20.0. The number of aromatic nitrogens is 1. The topological polar surface area (TPSA) is 72.5 Å². The molecule has 2 N–H and O–H groups in total. The number of ether oxygens (including phenoxy) is 2. The number of ketones is 1. The molecule has 1 heterocycles. The number of pyridine rings is 1. The molecule has 3 aromatic rings. The Morgan fingerprint density at radius 1 is 0.976 bits per heavy atom. The van der Waals surface area contributed by atoms with Gasteiger partial charge in [-0.3, -0.25) is 9.78 Å². The monoisotopic (exact) mass is 575 g/mol. The summed E-state index contributed by atoms with van der Waals surface area (Å²) in [6, 6.07) is 10.5. The third-order valence-corrected chi connectivity index (χ3v) is 9.73. The number of hydrogen-bond donors (Lipinski definition) is 2. The Bertz CT molecular complexity index is 1420. The number of hydrogen-bond acceptors (Lipinski definition) is 6. The van der Waals surface area contributed by atoms with E-state index in [1.807, 2.05) is 24.3 Å². The number of rotatable bonds is 10. The third-order valence-electron chi connectivity index (χ3n) is 9.49. The number of aryl methyl sites for hydroxylation is 1. The fraction of sp³-hybridized carbons (Fsp3) is 0.529. The first kappa shape index (κ1) is 28.3. The van der Waals surface area contributed by atoms with Crippen LogP contribution in [0.4, 0.5) is 5.69 Å². The van der Waals surface area contributed by atoms with E-state index in [4.69, 9.17) is 26.1 Å². The molecule has 0 radical (unpaired) electrons. The van der Waals surface area contributed by atoms with Crippen LogP contribution in [-0.4, -0.2) is 44.1 Å². The van der Waals surface area contributed by atoms with Crippen LogP contribution in [0, 0.1) is 11.8 Å². The number of benzene rings is 2. The summed E-state index contributed by atoms with van der Waals surface area (Å²) in [6.45, 7) is 1.95. The minimum absolute atomic E-state index is 0.0911. The normalized spacial score (nSPS) is 21.9. The smallest absolute Gasteiger partial charge is 0.166 e. The highest BCUT2D eigenvalue weighted by Crippen LogP contribution is 2.40. The number of methoxy groups -OCH3 is 2. The third kappa shape index (κ3) is 6.05. The van der Waals surface area contributed by atoms with Gasteiger partial charge in [0.15, 0.2) is 17.3 Å². The van der Waals surface area contributed by atoms with Gasteiger partial charge in [-0.1, -0.05) is 11.6 Å². The van der Waals surface area contributed by atoms with Gasteiger partial charge < -0.3 is 20.1 Å². The van der Waals surface area contributed by atoms with Crippen LogP contribution in [0.2, 0.25) is 5.02 Å². The maximum Gasteiger partial charge on any atom is 0.166 e. The van der Waals surface area contributed by atoms with Gasteiger partial charge in [0.25, 0.3) is 0 Å². The zero-order valence-corrected chi connectivity index (χ0v) is 25.1. The SMILES string of the molecule is COc1cc2c(cc1OC)C(=O)C(CC1CCC(NCCCNc3c4c(nc5cc(Cl)ccc35)CCCC4)CC1)C2. The Labute approximate surface area is 248 Å². The average Bonchev–Trinajstić information content (AvgIpc) is 3.29. The molecule has 0 aliphatic heterocycles. The predicted molar refractivity (Wildman–Crippen MR) is 166 cm³/mol. The van der Waals surface area contributed by atoms with Crippen molar-refractivity contribution in [3.05, 3.63) is 57.7 Å². The van der Waals surface area contributed by atoms with Crippen molar-refractivity contribution < 1.29 is 14.3 Å². The molecule has 0 spiro atoms. The summed E-state index contributed by atoms with van der Waals surface area (Å²) in [4.78, 5) is 18.1. The molecule has 6 nitrogen and oxygen atoms in total. The fourth-order valence-corrected chi connectivity index (χ4v) is 7.47. The molecule has 3 aliphatic rings. The number of nitrogens with one attached hydrogen (secondary N) is 2. The lowest BCUT2D eigenvalue weighted by Gasteiger charge is -2.30. The zero-order valence-electron chi connectivity index (χ0n) is 24.4. The maximum absolute atomic E-state index is 13.2. The summed E-state index contributed by atoms with van der Waals surface area (Å²) in [5, 5.41) is 9.51. The first-order valence-corrected chi connectivity index (χ1v) is 15.8. The van der Waals surface area contributed by atoms with Crippen LogP contribution in [-0.2, 0) is 19.3 Å². The van der Waals surface area contributed by atoms with Crippen molar-refractivity contribution in [2.45, 2.75) is 76.7 Å². The summed E-state index contributed by atoms with van der Waals surface area (Å²) in [7, 11) is 3.27. The van der Waals surface area contributed by atoms with Gasteiger partial charge in [0.1, 0.15) is 0 Å². The molecule has 1 saturated carbocycles. The number of nitrogens with zero attached hydrogens (tertiary/aromatic N) is 1. The van der Waals surface area contributed by atoms with Crippen LogP contribution in [0.1, 0.15) is 78.5 Å². The van der Waals surface area contributed by atoms with Crippen molar-refractivity contribution in [2.24, 2.45) is 11.8 Å². The Morgan fingerprint density at radius 2 is 1.76 bits per heavy atom. The number of carbonyl (C=O) groups excluding carboxylic acids is 1.